The van der Waals surface area contributed by atoms with Crippen molar-refractivity contribution in [3.8, 4) is 28.0 Å². The predicted molar refractivity (Wildman–Crippen MR) is 159 cm³/mol. The van der Waals surface area contributed by atoms with E-state index in [0.29, 0.717) is 17.1 Å². The van der Waals surface area contributed by atoms with Crippen molar-refractivity contribution >= 4 is 35.1 Å². The third-order valence-corrected chi connectivity index (χ3v) is 7.56. The van der Waals surface area contributed by atoms with Crippen molar-refractivity contribution in [2.24, 2.45) is 0 Å². The Morgan fingerprint density at radius 3 is 2.15 bits per heavy atom. The molecule has 0 bridgehead atoms. The number of amides is 2. The molecule has 0 radical (unpaired) electrons. The number of carboxylic acid groups (broad SMARTS) is 1. The van der Waals surface area contributed by atoms with Crippen LogP contribution in [-0.4, -0.2) is 34.0 Å². The molecule has 0 fully saturated rings. The van der Waals surface area contributed by atoms with E-state index >= 15 is 0 Å². The van der Waals surface area contributed by atoms with Crippen LogP contribution < -0.4 is 10.6 Å². The first-order valence-corrected chi connectivity index (χ1v) is 13.7. The summed E-state index contributed by atoms with van der Waals surface area (Å²) in [7, 11) is 0. The van der Waals surface area contributed by atoms with Crippen molar-refractivity contribution in [2.45, 2.75) is 38.1 Å². The van der Waals surface area contributed by atoms with Crippen LogP contribution in [0.1, 0.15) is 42.4 Å². The number of carboxylic acids is 1. The fourth-order valence-corrected chi connectivity index (χ4v) is 5.52. The highest BCUT2D eigenvalue weighted by Crippen LogP contribution is 2.49. The van der Waals surface area contributed by atoms with Crippen LogP contribution in [0.4, 0.5) is 5.69 Å². The minimum atomic E-state index is -0.870. The summed E-state index contributed by atoms with van der Waals surface area (Å²) in [4.78, 5) is 36.7. The van der Waals surface area contributed by atoms with E-state index < -0.39 is 12.0 Å². The van der Waals surface area contributed by atoms with Gasteiger partial charge in [0, 0.05) is 36.4 Å². The number of rotatable bonds is 9. The maximum Gasteiger partial charge on any atom is 0.303 e. The molecule has 0 saturated carbocycles. The second kappa shape index (κ2) is 11.9. The van der Waals surface area contributed by atoms with Gasteiger partial charge in [0.25, 0.3) is 0 Å². The zero-order valence-corrected chi connectivity index (χ0v) is 23.1. The lowest BCUT2D eigenvalue weighted by Gasteiger charge is -2.19. The lowest BCUT2D eigenvalue weighted by Crippen LogP contribution is -2.44. The number of hydrogen-bond acceptors (Lipinski definition) is 4. The van der Waals surface area contributed by atoms with Gasteiger partial charge in [-0.1, -0.05) is 54.1 Å². The van der Waals surface area contributed by atoms with Gasteiger partial charge in [0.2, 0.25) is 11.8 Å². The molecule has 1 aliphatic rings. The van der Waals surface area contributed by atoms with Gasteiger partial charge in [-0.25, -0.2) is 0 Å². The molecule has 7 nitrogen and oxygen atoms in total. The summed E-state index contributed by atoms with van der Waals surface area (Å²) in [6.45, 7) is 1.36. The Balaban J connectivity index is 1.43. The molecule has 0 heterocycles. The highest BCUT2D eigenvalue weighted by Gasteiger charge is 2.30. The molecule has 0 saturated heterocycles. The molecule has 1 unspecified atom stereocenters. The van der Waals surface area contributed by atoms with Gasteiger partial charge in [-0.05, 0) is 87.8 Å². The monoisotopic (exact) mass is 568 g/mol. The molecule has 8 heteroatoms. The largest absolute Gasteiger partial charge is 0.508 e. The standard InChI is InChI=1S/C33H29ClN2O5/c1-19(37)35-31(16-20-2-10-25(38)11-3-20)33(41)36-24-9-13-27-26-12-6-22(21-4-7-23(34)8-5-21)17-29(26)28(30(27)18-24)14-15-32(39)40/h2-13,17-18,28,31,38H,14-16H2,1H3,(H,35,37)(H,36,41)(H,39,40)/t28?,31-/m0/s1. The molecular formula is C33H29ClN2O5. The molecule has 4 aromatic carbocycles. The summed E-state index contributed by atoms with van der Waals surface area (Å²) in [5.41, 5.74) is 7.38. The molecule has 41 heavy (non-hydrogen) atoms. The first-order chi connectivity index (χ1) is 19.7. The van der Waals surface area contributed by atoms with Crippen molar-refractivity contribution in [1.29, 1.82) is 0 Å². The van der Waals surface area contributed by atoms with Gasteiger partial charge in [-0.15, -0.1) is 0 Å². The summed E-state index contributed by atoms with van der Waals surface area (Å²) < 4.78 is 0. The molecule has 4 aromatic rings. The number of carbonyl (C=O) groups is 3. The zero-order valence-electron chi connectivity index (χ0n) is 22.4. The topological polar surface area (TPSA) is 116 Å². The lowest BCUT2D eigenvalue weighted by molar-refractivity contribution is -0.137. The minimum absolute atomic E-state index is 0.00252. The zero-order chi connectivity index (χ0) is 29.1. The van der Waals surface area contributed by atoms with Crippen molar-refractivity contribution in [1.82, 2.24) is 5.32 Å². The Labute approximate surface area is 242 Å². The van der Waals surface area contributed by atoms with Crippen LogP contribution >= 0.6 is 11.6 Å². The van der Waals surface area contributed by atoms with Gasteiger partial charge >= 0.3 is 5.97 Å². The van der Waals surface area contributed by atoms with Crippen molar-refractivity contribution in [3.05, 3.63) is 107 Å². The summed E-state index contributed by atoms with van der Waals surface area (Å²) in [5, 5.41) is 25.3. The van der Waals surface area contributed by atoms with E-state index in [1.807, 2.05) is 48.5 Å². The molecule has 2 atom stereocenters. The van der Waals surface area contributed by atoms with Crippen molar-refractivity contribution in [2.75, 3.05) is 5.32 Å². The van der Waals surface area contributed by atoms with E-state index in [0.717, 1.165) is 38.9 Å². The van der Waals surface area contributed by atoms with Gasteiger partial charge in [-0.3, -0.25) is 14.4 Å². The van der Waals surface area contributed by atoms with E-state index in [1.165, 1.54) is 19.1 Å². The molecule has 0 spiro atoms. The second-order valence-corrected chi connectivity index (χ2v) is 10.6. The van der Waals surface area contributed by atoms with Gasteiger partial charge in [-0.2, -0.15) is 0 Å². The van der Waals surface area contributed by atoms with E-state index in [9.17, 15) is 24.6 Å². The number of nitrogens with one attached hydrogen (secondary N) is 2. The maximum absolute atomic E-state index is 13.3. The Hall–Kier alpha value is -4.62. The summed E-state index contributed by atoms with van der Waals surface area (Å²) in [6.07, 6.45) is 0.658. The summed E-state index contributed by atoms with van der Waals surface area (Å²) in [5.74, 6) is -1.63. The smallest absolute Gasteiger partial charge is 0.303 e. The van der Waals surface area contributed by atoms with E-state index in [1.54, 1.807) is 12.1 Å². The number of fused-ring (bicyclic) bond motifs is 3. The first-order valence-electron chi connectivity index (χ1n) is 13.3. The Kier molecular flexibility index (Phi) is 8.08. The second-order valence-electron chi connectivity index (χ2n) is 10.2. The summed E-state index contributed by atoms with van der Waals surface area (Å²) >= 11 is 6.07. The normalized spacial score (nSPS) is 14.0. The summed E-state index contributed by atoms with van der Waals surface area (Å²) in [6, 6.07) is 25.1. The number of phenolic OH excluding ortho intramolecular Hbond substituents is 1. The maximum atomic E-state index is 13.3. The van der Waals surface area contributed by atoms with Crippen molar-refractivity contribution in [3.63, 3.8) is 0 Å². The van der Waals surface area contributed by atoms with Gasteiger partial charge in [0.05, 0.1) is 0 Å². The number of aliphatic carboxylic acids is 1. The number of carbonyl (C=O) groups excluding carboxylic acids is 2. The Morgan fingerprint density at radius 1 is 0.854 bits per heavy atom. The molecular weight excluding hydrogens is 540 g/mol. The van der Waals surface area contributed by atoms with Gasteiger partial charge < -0.3 is 20.8 Å². The van der Waals surface area contributed by atoms with Crippen LogP contribution in [0, 0.1) is 0 Å². The van der Waals surface area contributed by atoms with Crippen LogP contribution in [0.5, 0.6) is 5.75 Å². The fourth-order valence-electron chi connectivity index (χ4n) is 5.39. The Morgan fingerprint density at radius 2 is 1.49 bits per heavy atom. The van der Waals surface area contributed by atoms with E-state index in [2.05, 4.69) is 22.8 Å². The third-order valence-electron chi connectivity index (χ3n) is 7.31. The number of benzene rings is 4. The highest BCUT2D eigenvalue weighted by molar-refractivity contribution is 6.30. The average Bonchev–Trinajstić information content (AvgIpc) is 3.24. The van der Waals surface area contributed by atoms with Crippen molar-refractivity contribution < 1.29 is 24.6 Å². The van der Waals surface area contributed by atoms with Crippen LogP contribution in [0.15, 0.2) is 84.9 Å². The fraction of sp³-hybridized carbons (Fsp3) is 0.182. The molecule has 0 aliphatic heterocycles. The van der Waals surface area contributed by atoms with Crippen LogP contribution in [0.3, 0.4) is 0 Å². The highest BCUT2D eigenvalue weighted by atomic mass is 35.5. The first kappa shape index (κ1) is 27.9. The third kappa shape index (κ3) is 6.42. The van der Waals surface area contributed by atoms with Crippen LogP contribution in [0.2, 0.25) is 5.02 Å². The predicted octanol–water partition coefficient (Wildman–Crippen LogP) is 6.38. The minimum Gasteiger partial charge on any atom is -0.508 e. The van der Waals surface area contributed by atoms with E-state index in [4.69, 9.17) is 11.6 Å². The van der Waals surface area contributed by atoms with Crippen LogP contribution in [-0.2, 0) is 20.8 Å². The number of halogens is 1. The molecule has 208 valence electrons. The quantitative estimate of drug-likeness (QED) is 0.187. The average molecular weight is 569 g/mol. The SMILES string of the molecule is CC(=O)N[C@@H](Cc1ccc(O)cc1)C(=O)Nc1ccc2c(c1)C(CCC(=O)O)c1cc(-c3ccc(Cl)cc3)ccc1-2. The van der Waals surface area contributed by atoms with Gasteiger partial charge in [0.15, 0.2) is 0 Å². The lowest BCUT2D eigenvalue weighted by atomic mass is 9.90. The molecule has 2 amide bonds. The number of anilines is 1. The Bertz CT molecular complexity index is 1620. The molecule has 4 N–H and O–H groups in total. The van der Waals surface area contributed by atoms with Crippen LogP contribution in [0.25, 0.3) is 22.3 Å². The number of hydrogen-bond donors (Lipinski definition) is 4. The number of phenols is 1. The van der Waals surface area contributed by atoms with Gasteiger partial charge in [0.1, 0.15) is 11.8 Å². The number of aromatic hydroxyl groups is 1. The molecule has 5 rings (SSSR count). The molecule has 0 aromatic heterocycles. The van der Waals surface area contributed by atoms with E-state index in [-0.39, 0.29) is 36.3 Å². The molecule has 1 aliphatic carbocycles.